The number of hydrogen-bond donors (Lipinski definition) is 2. The van der Waals surface area contributed by atoms with Crippen molar-refractivity contribution in [3.8, 4) is 0 Å². The van der Waals surface area contributed by atoms with Gasteiger partial charge in [-0.25, -0.2) is 0 Å². The third-order valence-corrected chi connectivity index (χ3v) is 3.50. The second-order valence-corrected chi connectivity index (χ2v) is 4.96. The molecule has 1 aliphatic rings. The van der Waals surface area contributed by atoms with Crippen molar-refractivity contribution < 1.29 is 0 Å². The fourth-order valence-electron chi connectivity index (χ4n) is 2.44. The van der Waals surface area contributed by atoms with Gasteiger partial charge in [-0.05, 0) is 23.6 Å². The molecule has 3 nitrogen and oxygen atoms in total. The largest absolute Gasteiger partial charge is 0.314 e. The van der Waals surface area contributed by atoms with E-state index in [0.717, 1.165) is 31.7 Å². The topological polar surface area (TPSA) is 37.0 Å². The maximum absolute atomic E-state index is 4.60. The Morgan fingerprint density at radius 1 is 1.00 bits per heavy atom. The molecule has 0 amide bonds. The summed E-state index contributed by atoms with van der Waals surface area (Å²) >= 11 is 0. The summed E-state index contributed by atoms with van der Waals surface area (Å²) in [7, 11) is 0. The lowest BCUT2D eigenvalue weighted by atomic mass is 10.1. The molecule has 1 saturated heterocycles. The average molecular weight is 253 g/mol. The molecule has 19 heavy (non-hydrogen) atoms. The molecule has 1 aromatic carbocycles. The van der Waals surface area contributed by atoms with E-state index < -0.39 is 0 Å². The van der Waals surface area contributed by atoms with Gasteiger partial charge in [-0.3, -0.25) is 4.98 Å². The predicted molar refractivity (Wildman–Crippen MR) is 77.1 cm³/mol. The second-order valence-electron chi connectivity index (χ2n) is 4.96. The van der Waals surface area contributed by atoms with Crippen molar-refractivity contribution in [2.75, 3.05) is 19.6 Å². The predicted octanol–water partition coefficient (Wildman–Crippen LogP) is 1.91. The first-order chi connectivity index (χ1) is 9.42. The molecule has 1 aliphatic heterocycles. The smallest absolute Gasteiger partial charge is 0.0622 e. The molecule has 1 atom stereocenters. The Balaban J connectivity index is 1.68. The zero-order chi connectivity index (χ0) is 12.9. The molecule has 0 saturated carbocycles. The second kappa shape index (κ2) is 5.95. The molecular weight excluding hydrogens is 234 g/mol. The zero-order valence-electron chi connectivity index (χ0n) is 11.0. The van der Waals surface area contributed by atoms with Gasteiger partial charge in [0.15, 0.2) is 0 Å². The third-order valence-electron chi connectivity index (χ3n) is 3.50. The highest BCUT2D eigenvalue weighted by Gasteiger charge is 2.14. The monoisotopic (exact) mass is 253 g/mol. The van der Waals surface area contributed by atoms with Crippen molar-refractivity contribution in [1.82, 2.24) is 15.6 Å². The van der Waals surface area contributed by atoms with Crippen LogP contribution in [0.3, 0.4) is 0 Å². The van der Waals surface area contributed by atoms with E-state index in [2.05, 4.69) is 52.0 Å². The molecular formula is C16H19N3. The highest BCUT2D eigenvalue weighted by molar-refractivity contribution is 5.25. The van der Waals surface area contributed by atoms with Crippen LogP contribution in [0.4, 0.5) is 0 Å². The summed E-state index contributed by atoms with van der Waals surface area (Å²) < 4.78 is 0. The minimum atomic E-state index is 0.347. The number of aromatic nitrogens is 1. The van der Waals surface area contributed by atoms with Crippen molar-refractivity contribution in [2.45, 2.75) is 12.5 Å². The van der Waals surface area contributed by atoms with Gasteiger partial charge in [0.05, 0.1) is 11.7 Å². The summed E-state index contributed by atoms with van der Waals surface area (Å²) in [5, 5.41) is 6.86. The van der Waals surface area contributed by atoms with E-state index in [0.29, 0.717) is 6.04 Å². The van der Waals surface area contributed by atoms with E-state index in [1.54, 1.807) is 0 Å². The molecule has 2 heterocycles. The summed E-state index contributed by atoms with van der Waals surface area (Å²) in [6, 6.07) is 15.2. The van der Waals surface area contributed by atoms with Gasteiger partial charge in [0.25, 0.3) is 0 Å². The van der Waals surface area contributed by atoms with E-state index in [9.17, 15) is 0 Å². The van der Waals surface area contributed by atoms with E-state index in [1.807, 2.05) is 12.3 Å². The molecule has 3 rings (SSSR count). The quantitative estimate of drug-likeness (QED) is 0.877. The van der Waals surface area contributed by atoms with E-state index in [4.69, 9.17) is 0 Å². The molecule has 1 fully saturated rings. The van der Waals surface area contributed by atoms with Crippen LogP contribution in [0.1, 0.15) is 22.9 Å². The van der Waals surface area contributed by atoms with Crippen LogP contribution in [0.25, 0.3) is 0 Å². The average Bonchev–Trinajstić information content (AvgIpc) is 2.50. The lowest BCUT2D eigenvalue weighted by Crippen LogP contribution is -2.42. The van der Waals surface area contributed by atoms with Crippen LogP contribution in [0.2, 0.25) is 0 Å². The first-order valence-corrected chi connectivity index (χ1v) is 6.85. The van der Waals surface area contributed by atoms with Crippen molar-refractivity contribution in [1.29, 1.82) is 0 Å². The number of nitrogens with zero attached hydrogens (tertiary/aromatic N) is 1. The minimum Gasteiger partial charge on any atom is -0.314 e. The van der Waals surface area contributed by atoms with Gasteiger partial charge in [0, 0.05) is 25.8 Å². The van der Waals surface area contributed by atoms with Gasteiger partial charge in [0.2, 0.25) is 0 Å². The number of hydrogen-bond acceptors (Lipinski definition) is 3. The van der Waals surface area contributed by atoms with Crippen molar-refractivity contribution in [3.63, 3.8) is 0 Å². The number of rotatable bonds is 3. The number of nitrogens with one attached hydrogen (secondary N) is 2. The Morgan fingerprint density at radius 3 is 2.58 bits per heavy atom. The van der Waals surface area contributed by atoms with Gasteiger partial charge in [-0.1, -0.05) is 36.4 Å². The van der Waals surface area contributed by atoms with Crippen molar-refractivity contribution >= 4 is 0 Å². The molecule has 3 heteroatoms. The first kappa shape index (κ1) is 12.3. The molecule has 0 radical (unpaired) electrons. The molecule has 2 N–H and O–H groups in total. The molecule has 1 unspecified atom stereocenters. The normalized spacial score (nSPS) is 19.3. The summed E-state index contributed by atoms with van der Waals surface area (Å²) in [4.78, 5) is 4.60. The molecule has 98 valence electrons. The fraction of sp³-hybridized carbons (Fsp3) is 0.312. The molecule has 0 aliphatic carbocycles. The number of piperazine rings is 1. The summed E-state index contributed by atoms with van der Waals surface area (Å²) in [5.74, 6) is 0. The van der Waals surface area contributed by atoms with Crippen LogP contribution >= 0.6 is 0 Å². The SMILES string of the molecule is c1ccc(Cc2ccc(C3CNCCN3)nc2)cc1. The van der Waals surface area contributed by atoms with Crippen LogP contribution in [-0.4, -0.2) is 24.6 Å². The Labute approximate surface area is 114 Å². The van der Waals surface area contributed by atoms with Gasteiger partial charge in [0.1, 0.15) is 0 Å². The Hall–Kier alpha value is -1.71. The van der Waals surface area contributed by atoms with E-state index in [1.165, 1.54) is 11.1 Å². The molecule has 1 aromatic heterocycles. The Bertz CT molecular complexity index is 501. The maximum atomic E-state index is 4.60. The summed E-state index contributed by atoms with van der Waals surface area (Å²) in [5.41, 5.74) is 3.72. The van der Waals surface area contributed by atoms with Gasteiger partial charge >= 0.3 is 0 Å². The van der Waals surface area contributed by atoms with Crippen LogP contribution in [0.5, 0.6) is 0 Å². The van der Waals surface area contributed by atoms with E-state index in [-0.39, 0.29) is 0 Å². The Kier molecular flexibility index (Phi) is 3.86. The highest BCUT2D eigenvalue weighted by atomic mass is 15.1. The highest BCUT2D eigenvalue weighted by Crippen LogP contribution is 2.13. The third kappa shape index (κ3) is 3.19. The van der Waals surface area contributed by atoms with Crippen LogP contribution in [0.15, 0.2) is 48.7 Å². The van der Waals surface area contributed by atoms with Crippen LogP contribution in [0, 0.1) is 0 Å². The standard InChI is InChI=1S/C16H19N3/c1-2-4-13(5-3-1)10-14-6-7-15(19-11-14)16-12-17-8-9-18-16/h1-7,11,16-18H,8-10,12H2. The summed E-state index contributed by atoms with van der Waals surface area (Å²) in [6.07, 6.45) is 2.95. The van der Waals surface area contributed by atoms with Crippen molar-refractivity contribution in [3.05, 3.63) is 65.5 Å². The molecule has 2 aromatic rings. The van der Waals surface area contributed by atoms with E-state index >= 15 is 0 Å². The lowest BCUT2D eigenvalue weighted by Gasteiger charge is -2.24. The maximum Gasteiger partial charge on any atom is 0.0622 e. The first-order valence-electron chi connectivity index (χ1n) is 6.85. The van der Waals surface area contributed by atoms with Crippen LogP contribution in [-0.2, 0) is 6.42 Å². The summed E-state index contributed by atoms with van der Waals surface area (Å²) in [6.45, 7) is 3.02. The fourth-order valence-corrected chi connectivity index (χ4v) is 2.44. The van der Waals surface area contributed by atoms with Gasteiger partial charge in [-0.15, -0.1) is 0 Å². The molecule has 0 spiro atoms. The Morgan fingerprint density at radius 2 is 1.89 bits per heavy atom. The number of pyridine rings is 1. The number of benzene rings is 1. The molecule has 0 bridgehead atoms. The van der Waals surface area contributed by atoms with Crippen molar-refractivity contribution in [2.24, 2.45) is 0 Å². The van der Waals surface area contributed by atoms with Gasteiger partial charge < -0.3 is 10.6 Å². The zero-order valence-corrected chi connectivity index (χ0v) is 11.0. The lowest BCUT2D eigenvalue weighted by molar-refractivity contribution is 0.423. The van der Waals surface area contributed by atoms with Gasteiger partial charge in [-0.2, -0.15) is 0 Å². The van der Waals surface area contributed by atoms with Crippen LogP contribution < -0.4 is 10.6 Å². The minimum absolute atomic E-state index is 0.347.